The van der Waals surface area contributed by atoms with Crippen LogP contribution in [0, 0.1) is 0 Å². The molecule has 0 radical (unpaired) electrons. The molecule has 0 saturated heterocycles. The first-order valence-electron chi connectivity index (χ1n) is 4.70. The van der Waals surface area contributed by atoms with Crippen molar-refractivity contribution in [3.8, 4) is 0 Å². The minimum absolute atomic E-state index is 1.52. The summed E-state index contributed by atoms with van der Waals surface area (Å²) in [6.45, 7) is 0. The van der Waals surface area contributed by atoms with Crippen molar-refractivity contribution in [1.82, 2.24) is 0 Å². The fourth-order valence-electron chi connectivity index (χ4n) is 0.763. The number of hydrogen-bond donors (Lipinski definition) is 1. The average molecular weight is 396 g/mol. The summed E-state index contributed by atoms with van der Waals surface area (Å²) in [5, 5.41) is 7.84. The van der Waals surface area contributed by atoms with E-state index in [0.717, 1.165) is 0 Å². The molecule has 144 valence electrons. The van der Waals surface area contributed by atoms with Gasteiger partial charge in [-0.05, 0) is 0 Å². The Morgan fingerprint density at radius 3 is 1.21 bits per heavy atom. The summed E-state index contributed by atoms with van der Waals surface area (Å²) in [7, 11) is 0. The summed E-state index contributed by atoms with van der Waals surface area (Å²) >= 11 is 0. The van der Waals surface area contributed by atoms with Crippen LogP contribution in [-0.2, 0) is 14.3 Å². The van der Waals surface area contributed by atoms with Gasteiger partial charge in [0.15, 0.2) is 0 Å². The van der Waals surface area contributed by atoms with Crippen LogP contribution in [0.3, 0.4) is 0 Å². The van der Waals surface area contributed by atoms with Crippen LogP contribution in [0.15, 0.2) is 0 Å². The lowest BCUT2D eigenvalue weighted by atomic mass is 10.3. The van der Waals surface area contributed by atoms with Gasteiger partial charge in [-0.25, -0.2) is 9.53 Å². The minimum Gasteiger partial charge on any atom is -0.477 e. The molecule has 0 rings (SSSR count). The molecule has 17 heteroatoms. The molecule has 2 unspecified atom stereocenters. The first-order valence-corrected chi connectivity index (χ1v) is 4.70. The third kappa shape index (κ3) is 4.11. The molecular weight excluding hydrogens is 395 g/mol. The quantitative estimate of drug-likeness (QED) is 0.569. The summed E-state index contributed by atoms with van der Waals surface area (Å²) in [5.74, 6) is -10.7. The topological polar surface area (TPSA) is 55.8 Å². The normalized spacial score (nSPS) is 19.5. The molecule has 0 amide bonds. The second kappa shape index (κ2) is 5.78. The van der Waals surface area contributed by atoms with E-state index in [4.69, 9.17) is 5.11 Å². The molecule has 0 aliphatic rings. The van der Waals surface area contributed by atoms with Crippen LogP contribution in [0.4, 0.5) is 57.1 Å². The van der Waals surface area contributed by atoms with Crippen LogP contribution in [0.5, 0.6) is 0 Å². The number of aliphatic carboxylic acids is 1. The summed E-state index contributed by atoms with van der Waals surface area (Å²) in [6, 6.07) is -7.14. The lowest BCUT2D eigenvalue weighted by Crippen LogP contribution is -2.62. The Hall–Kier alpha value is -1.52. The molecule has 2 atom stereocenters. The second-order valence-corrected chi connectivity index (χ2v) is 3.65. The molecule has 0 fully saturated rings. The van der Waals surface area contributed by atoms with Crippen LogP contribution in [0.2, 0.25) is 0 Å². The molecule has 0 aliphatic heterocycles. The fourth-order valence-corrected chi connectivity index (χ4v) is 0.763. The van der Waals surface area contributed by atoms with Gasteiger partial charge < -0.3 is 5.11 Å². The van der Waals surface area contributed by atoms with Gasteiger partial charge in [0.1, 0.15) is 0 Å². The Labute approximate surface area is 120 Å². The molecule has 0 aromatic carbocycles. The van der Waals surface area contributed by atoms with Gasteiger partial charge in [0, 0.05) is 0 Å². The third-order valence-electron chi connectivity index (χ3n) is 1.84. The number of alkyl halides is 13. The predicted molar refractivity (Wildman–Crippen MR) is 40.6 cm³/mol. The van der Waals surface area contributed by atoms with Crippen molar-refractivity contribution in [1.29, 1.82) is 0 Å². The van der Waals surface area contributed by atoms with Gasteiger partial charge in [-0.15, -0.1) is 0 Å². The van der Waals surface area contributed by atoms with Crippen molar-refractivity contribution < 1.29 is 76.5 Å². The van der Waals surface area contributed by atoms with Crippen LogP contribution < -0.4 is 0 Å². The second-order valence-electron chi connectivity index (χ2n) is 3.65. The Balaban J connectivity index is 6.12. The van der Waals surface area contributed by atoms with Crippen LogP contribution in [-0.4, -0.2) is 47.6 Å². The number of hydrogen-bond acceptors (Lipinski definition) is 3. The Kier molecular flexibility index (Phi) is 5.41. The largest absolute Gasteiger partial charge is 0.483 e. The van der Waals surface area contributed by atoms with E-state index in [0.29, 0.717) is 0 Å². The van der Waals surface area contributed by atoms with E-state index >= 15 is 0 Å². The standard InChI is InChI=1S/C7HF13O4/c8-2(1(21)22,3(9,10)11)23-7(20,5(15,16)17)24-6(18,19)4(12,13)14/h(H,21,22). The maximum absolute atomic E-state index is 13.2. The molecule has 0 spiro atoms. The highest BCUT2D eigenvalue weighted by atomic mass is 19.4. The summed E-state index contributed by atoms with van der Waals surface area (Å²) < 4.78 is 162. The fraction of sp³-hybridized carbons (Fsp3) is 0.857. The lowest BCUT2D eigenvalue weighted by molar-refractivity contribution is -0.554. The highest BCUT2D eigenvalue weighted by molar-refractivity contribution is 5.76. The van der Waals surface area contributed by atoms with Gasteiger partial charge in [-0.1, -0.05) is 0 Å². The van der Waals surface area contributed by atoms with Gasteiger partial charge in [-0.2, -0.15) is 57.1 Å². The predicted octanol–water partition coefficient (Wildman–Crippen LogP) is 3.67. The molecule has 24 heavy (non-hydrogen) atoms. The molecule has 0 heterocycles. The summed E-state index contributed by atoms with van der Waals surface area (Å²) in [4.78, 5) is 10.0. The van der Waals surface area contributed by atoms with Gasteiger partial charge >= 0.3 is 42.5 Å². The van der Waals surface area contributed by atoms with E-state index < -0.39 is 42.5 Å². The molecule has 0 aromatic rings. The van der Waals surface area contributed by atoms with E-state index in [9.17, 15) is 61.9 Å². The molecule has 0 bridgehead atoms. The maximum Gasteiger partial charge on any atom is 0.483 e. The zero-order valence-electron chi connectivity index (χ0n) is 10.1. The summed E-state index contributed by atoms with van der Waals surface area (Å²) in [5.41, 5.74) is 0. The molecule has 0 aromatic heterocycles. The van der Waals surface area contributed by atoms with Crippen molar-refractivity contribution in [2.45, 2.75) is 36.5 Å². The van der Waals surface area contributed by atoms with E-state index in [1.54, 1.807) is 4.74 Å². The zero-order valence-corrected chi connectivity index (χ0v) is 10.1. The number of carboxylic acids is 1. The van der Waals surface area contributed by atoms with Crippen molar-refractivity contribution in [3.63, 3.8) is 0 Å². The zero-order chi connectivity index (χ0) is 20.0. The van der Waals surface area contributed by atoms with Gasteiger partial charge in [0.05, 0.1) is 0 Å². The number of rotatable bonds is 5. The number of carbonyl (C=O) groups is 1. The van der Waals surface area contributed by atoms with E-state index in [1.165, 1.54) is 4.74 Å². The Morgan fingerprint density at radius 2 is 1.00 bits per heavy atom. The Bertz CT molecular complexity index is 478. The summed E-state index contributed by atoms with van der Waals surface area (Å²) in [6.07, 6.45) is -28.6. The number of ether oxygens (including phenoxy) is 2. The van der Waals surface area contributed by atoms with Gasteiger partial charge in [-0.3, -0.25) is 4.74 Å². The number of halogens is 13. The molecule has 4 nitrogen and oxygen atoms in total. The minimum atomic E-state index is -7.31. The lowest BCUT2D eigenvalue weighted by Gasteiger charge is -2.35. The maximum atomic E-state index is 13.2. The molecule has 0 aliphatic carbocycles. The average Bonchev–Trinajstić information content (AvgIpc) is 2.22. The van der Waals surface area contributed by atoms with Gasteiger partial charge in [0.2, 0.25) is 0 Å². The third-order valence-corrected chi connectivity index (χ3v) is 1.84. The van der Waals surface area contributed by atoms with Crippen molar-refractivity contribution in [2.75, 3.05) is 0 Å². The van der Waals surface area contributed by atoms with Gasteiger partial charge in [0.25, 0.3) is 0 Å². The van der Waals surface area contributed by atoms with Crippen LogP contribution in [0.1, 0.15) is 0 Å². The highest BCUT2D eigenvalue weighted by Crippen LogP contribution is 2.49. The van der Waals surface area contributed by atoms with Crippen molar-refractivity contribution in [2.24, 2.45) is 0 Å². The first kappa shape index (κ1) is 22.5. The smallest absolute Gasteiger partial charge is 0.477 e. The van der Waals surface area contributed by atoms with Crippen molar-refractivity contribution >= 4 is 5.97 Å². The van der Waals surface area contributed by atoms with Crippen molar-refractivity contribution in [3.05, 3.63) is 0 Å². The first-order chi connectivity index (χ1) is 10.1. The van der Waals surface area contributed by atoms with E-state index in [-0.39, 0.29) is 0 Å². The number of carboxylic acid groups (broad SMARTS) is 1. The Morgan fingerprint density at radius 1 is 0.625 bits per heavy atom. The van der Waals surface area contributed by atoms with Crippen LogP contribution >= 0.6 is 0 Å². The molecule has 0 saturated carbocycles. The van der Waals surface area contributed by atoms with E-state index in [1.807, 2.05) is 0 Å². The SMILES string of the molecule is O=C(O)C(F)(OC(F)(OC(F)(F)C(F)(F)F)C(F)(F)F)C(F)(F)F. The van der Waals surface area contributed by atoms with E-state index in [2.05, 4.69) is 0 Å². The van der Waals surface area contributed by atoms with Crippen LogP contribution in [0.25, 0.3) is 0 Å². The molecule has 1 N–H and O–H groups in total. The monoisotopic (exact) mass is 396 g/mol. The highest BCUT2D eigenvalue weighted by Gasteiger charge is 2.77. The molecular formula is C7HF13O4.